The molecule has 2 rings (SSSR count). The fourth-order valence-electron chi connectivity index (χ4n) is 2.23. The number of benzene rings is 2. The summed E-state index contributed by atoms with van der Waals surface area (Å²) >= 11 is 19.0. The standard InChI is InChI=1S/C16H15Cl3O/c1-9-4-10(2)6-11(5-9)16(19)12-7-14(18)15(20-3)8-13(12)17/h4-8,16H,1-3H3. The molecule has 106 valence electrons. The Bertz CT molecular complexity index is 618. The fourth-order valence-corrected chi connectivity index (χ4v) is 3.10. The molecule has 0 aliphatic carbocycles. The fraction of sp³-hybridized carbons (Fsp3) is 0.250. The van der Waals surface area contributed by atoms with Crippen molar-refractivity contribution in [1.82, 2.24) is 0 Å². The first kappa shape index (κ1) is 15.5. The van der Waals surface area contributed by atoms with Gasteiger partial charge in [0.15, 0.2) is 0 Å². The van der Waals surface area contributed by atoms with Crippen molar-refractivity contribution in [2.24, 2.45) is 0 Å². The molecule has 0 spiro atoms. The molecule has 0 fully saturated rings. The Kier molecular flexibility index (Phi) is 4.85. The van der Waals surface area contributed by atoms with Gasteiger partial charge in [0.2, 0.25) is 0 Å². The third-order valence-corrected chi connectivity index (χ3v) is 4.19. The summed E-state index contributed by atoms with van der Waals surface area (Å²) in [6, 6.07) is 9.67. The van der Waals surface area contributed by atoms with Gasteiger partial charge in [-0.05, 0) is 31.0 Å². The summed E-state index contributed by atoms with van der Waals surface area (Å²) in [5.74, 6) is 0.546. The third kappa shape index (κ3) is 3.22. The Labute approximate surface area is 134 Å². The first-order chi connectivity index (χ1) is 9.42. The molecule has 1 nitrogen and oxygen atoms in total. The van der Waals surface area contributed by atoms with Gasteiger partial charge in [-0.2, -0.15) is 0 Å². The van der Waals surface area contributed by atoms with Crippen LogP contribution in [-0.2, 0) is 0 Å². The zero-order valence-electron chi connectivity index (χ0n) is 11.5. The Morgan fingerprint density at radius 2 is 1.50 bits per heavy atom. The molecule has 0 saturated heterocycles. The van der Waals surface area contributed by atoms with E-state index < -0.39 is 0 Å². The highest BCUT2D eigenvalue weighted by atomic mass is 35.5. The van der Waals surface area contributed by atoms with Gasteiger partial charge in [0, 0.05) is 11.1 Å². The van der Waals surface area contributed by atoms with Crippen LogP contribution in [0.15, 0.2) is 30.3 Å². The predicted octanol–water partition coefficient (Wildman–Crippen LogP) is 5.95. The normalized spacial score (nSPS) is 12.3. The van der Waals surface area contributed by atoms with Gasteiger partial charge < -0.3 is 4.74 Å². The Morgan fingerprint density at radius 3 is 2.05 bits per heavy atom. The van der Waals surface area contributed by atoms with E-state index in [4.69, 9.17) is 39.5 Å². The molecule has 0 heterocycles. The maximum atomic E-state index is 6.56. The van der Waals surface area contributed by atoms with E-state index in [-0.39, 0.29) is 5.38 Å². The van der Waals surface area contributed by atoms with E-state index in [1.807, 2.05) is 13.8 Å². The number of alkyl halides is 1. The quantitative estimate of drug-likeness (QED) is 0.632. The molecule has 0 saturated carbocycles. The lowest BCUT2D eigenvalue weighted by Crippen LogP contribution is -1.97. The lowest BCUT2D eigenvalue weighted by atomic mass is 10.00. The van der Waals surface area contributed by atoms with Gasteiger partial charge in [-0.1, -0.05) is 52.5 Å². The van der Waals surface area contributed by atoms with Crippen molar-refractivity contribution in [3.05, 3.63) is 62.6 Å². The Morgan fingerprint density at radius 1 is 0.900 bits per heavy atom. The van der Waals surface area contributed by atoms with Crippen molar-refractivity contribution in [3.63, 3.8) is 0 Å². The molecule has 1 atom stereocenters. The number of aryl methyl sites for hydroxylation is 2. The van der Waals surface area contributed by atoms with E-state index in [1.54, 1.807) is 19.2 Å². The highest BCUT2D eigenvalue weighted by Crippen LogP contribution is 2.39. The minimum Gasteiger partial charge on any atom is -0.495 e. The molecule has 0 aromatic heterocycles. The second-order valence-electron chi connectivity index (χ2n) is 4.79. The zero-order valence-corrected chi connectivity index (χ0v) is 13.8. The van der Waals surface area contributed by atoms with Gasteiger partial charge in [0.25, 0.3) is 0 Å². The Hall–Kier alpha value is -0.890. The SMILES string of the molecule is COc1cc(Cl)c(C(Cl)c2cc(C)cc(C)c2)cc1Cl. The first-order valence-electron chi connectivity index (χ1n) is 6.17. The number of ether oxygens (including phenoxy) is 1. The summed E-state index contributed by atoms with van der Waals surface area (Å²) in [6.07, 6.45) is 0. The van der Waals surface area contributed by atoms with E-state index >= 15 is 0 Å². The third-order valence-electron chi connectivity index (χ3n) is 3.08. The second kappa shape index (κ2) is 6.26. The van der Waals surface area contributed by atoms with Crippen LogP contribution in [0.2, 0.25) is 10.0 Å². The van der Waals surface area contributed by atoms with Crippen LogP contribution in [-0.4, -0.2) is 7.11 Å². The van der Waals surface area contributed by atoms with Gasteiger partial charge in [-0.3, -0.25) is 0 Å². The summed E-state index contributed by atoms with van der Waals surface area (Å²) in [5, 5.41) is 0.705. The molecule has 1 unspecified atom stereocenters. The zero-order chi connectivity index (χ0) is 14.9. The molecule has 0 radical (unpaired) electrons. The number of rotatable bonds is 3. The van der Waals surface area contributed by atoms with Crippen molar-refractivity contribution in [1.29, 1.82) is 0 Å². The number of hydrogen-bond acceptors (Lipinski definition) is 1. The molecule has 0 N–H and O–H groups in total. The van der Waals surface area contributed by atoms with Crippen molar-refractivity contribution < 1.29 is 4.74 Å². The molecule has 20 heavy (non-hydrogen) atoms. The topological polar surface area (TPSA) is 9.23 Å². The van der Waals surface area contributed by atoms with Crippen molar-refractivity contribution in [3.8, 4) is 5.75 Å². The van der Waals surface area contributed by atoms with Crippen LogP contribution in [0.4, 0.5) is 0 Å². The van der Waals surface area contributed by atoms with Crippen molar-refractivity contribution in [2.75, 3.05) is 7.11 Å². The lowest BCUT2D eigenvalue weighted by molar-refractivity contribution is 0.415. The summed E-state index contributed by atoms with van der Waals surface area (Å²) in [6.45, 7) is 4.09. The maximum absolute atomic E-state index is 6.56. The molecule has 0 aliphatic rings. The minimum atomic E-state index is -0.343. The number of halogens is 3. The molecule has 0 amide bonds. The van der Waals surface area contributed by atoms with Gasteiger partial charge >= 0.3 is 0 Å². The highest BCUT2D eigenvalue weighted by Gasteiger charge is 2.17. The van der Waals surface area contributed by atoms with E-state index in [1.165, 1.54) is 11.1 Å². The Balaban J connectivity index is 2.47. The van der Waals surface area contributed by atoms with Crippen LogP contribution in [0.25, 0.3) is 0 Å². The van der Waals surface area contributed by atoms with Crippen LogP contribution in [0.1, 0.15) is 27.6 Å². The molecule has 0 bridgehead atoms. The van der Waals surface area contributed by atoms with Gasteiger partial charge in [-0.25, -0.2) is 0 Å². The summed E-state index contributed by atoms with van der Waals surface area (Å²) < 4.78 is 5.15. The average Bonchev–Trinajstić information content (AvgIpc) is 2.39. The largest absolute Gasteiger partial charge is 0.495 e. The summed E-state index contributed by atoms with van der Waals surface area (Å²) in [7, 11) is 1.55. The molecule has 0 aliphatic heterocycles. The highest BCUT2D eigenvalue weighted by molar-refractivity contribution is 6.36. The van der Waals surface area contributed by atoms with Gasteiger partial charge in [0.05, 0.1) is 17.5 Å². The number of methoxy groups -OCH3 is 1. The van der Waals surface area contributed by atoms with Gasteiger partial charge in [0.1, 0.15) is 5.75 Å². The second-order valence-corrected chi connectivity index (χ2v) is 6.04. The monoisotopic (exact) mass is 328 g/mol. The van der Waals surface area contributed by atoms with E-state index in [2.05, 4.69) is 18.2 Å². The predicted molar refractivity (Wildman–Crippen MR) is 86.6 cm³/mol. The minimum absolute atomic E-state index is 0.343. The molecule has 4 heteroatoms. The molecule has 2 aromatic carbocycles. The van der Waals surface area contributed by atoms with Gasteiger partial charge in [-0.15, -0.1) is 11.6 Å². The van der Waals surface area contributed by atoms with Crippen LogP contribution < -0.4 is 4.74 Å². The van der Waals surface area contributed by atoms with Crippen LogP contribution in [0.5, 0.6) is 5.75 Å². The van der Waals surface area contributed by atoms with Crippen molar-refractivity contribution in [2.45, 2.75) is 19.2 Å². The smallest absolute Gasteiger partial charge is 0.138 e. The van der Waals surface area contributed by atoms with E-state index in [0.717, 1.165) is 11.1 Å². The lowest BCUT2D eigenvalue weighted by Gasteiger charge is -2.15. The number of hydrogen-bond donors (Lipinski definition) is 0. The van der Waals surface area contributed by atoms with Crippen LogP contribution in [0, 0.1) is 13.8 Å². The van der Waals surface area contributed by atoms with Crippen molar-refractivity contribution >= 4 is 34.8 Å². The van der Waals surface area contributed by atoms with E-state index in [9.17, 15) is 0 Å². The van der Waals surface area contributed by atoms with Crippen LogP contribution >= 0.6 is 34.8 Å². The molecular weight excluding hydrogens is 315 g/mol. The molecule has 2 aromatic rings. The average molecular weight is 330 g/mol. The maximum Gasteiger partial charge on any atom is 0.138 e. The van der Waals surface area contributed by atoms with Crippen LogP contribution in [0.3, 0.4) is 0 Å². The summed E-state index contributed by atoms with van der Waals surface area (Å²) in [4.78, 5) is 0. The molecular formula is C16H15Cl3O. The summed E-state index contributed by atoms with van der Waals surface area (Å²) in [5.41, 5.74) is 4.12. The van der Waals surface area contributed by atoms with E-state index in [0.29, 0.717) is 15.8 Å². The first-order valence-corrected chi connectivity index (χ1v) is 7.37.